The third-order valence-electron chi connectivity index (χ3n) is 6.12. The van der Waals surface area contributed by atoms with Crippen LogP contribution in [0.1, 0.15) is 46.3 Å². The van der Waals surface area contributed by atoms with Crippen molar-refractivity contribution < 1.29 is 18.3 Å². The molecule has 0 amide bonds. The van der Waals surface area contributed by atoms with Gasteiger partial charge in [0.2, 0.25) is 10.0 Å². The van der Waals surface area contributed by atoms with Crippen LogP contribution in [0.2, 0.25) is 0 Å². The van der Waals surface area contributed by atoms with Gasteiger partial charge in [-0.2, -0.15) is 4.31 Å². The van der Waals surface area contributed by atoms with Crippen molar-refractivity contribution in [3.05, 3.63) is 112 Å². The highest BCUT2D eigenvalue weighted by molar-refractivity contribution is 7.89. The van der Waals surface area contributed by atoms with Crippen molar-refractivity contribution in [1.82, 2.24) is 4.31 Å². The molecule has 5 nitrogen and oxygen atoms in total. The molecule has 1 heterocycles. The lowest BCUT2D eigenvalue weighted by atomic mass is 9.89. The Morgan fingerprint density at radius 1 is 0.788 bits per heavy atom. The number of aryl methyl sites for hydroxylation is 3. The number of hydrogen-bond acceptors (Lipinski definition) is 3. The van der Waals surface area contributed by atoms with Gasteiger partial charge < -0.3 is 5.11 Å². The molecule has 1 aliphatic rings. The molecule has 3 aromatic carbocycles. The Kier molecular flexibility index (Phi) is 6.23. The van der Waals surface area contributed by atoms with Crippen molar-refractivity contribution in [3.63, 3.8) is 0 Å². The van der Waals surface area contributed by atoms with E-state index in [9.17, 15) is 18.3 Å². The number of benzene rings is 3. The highest BCUT2D eigenvalue weighted by atomic mass is 32.2. The van der Waals surface area contributed by atoms with Gasteiger partial charge in [0.05, 0.1) is 22.6 Å². The molecule has 170 valence electrons. The summed E-state index contributed by atoms with van der Waals surface area (Å²) in [5, 5.41) is 10.0. The predicted octanol–water partition coefficient (Wildman–Crippen LogP) is 5.50. The summed E-state index contributed by atoms with van der Waals surface area (Å²) in [6.07, 6.45) is 1.94. The lowest BCUT2D eigenvalue weighted by Crippen LogP contribution is -2.42. The summed E-state index contributed by atoms with van der Waals surface area (Å²) in [6.45, 7) is 5.81. The monoisotopic (exact) mass is 461 g/mol. The third kappa shape index (κ3) is 4.49. The molecule has 0 spiro atoms. The lowest BCUT2D eigenvalue weighted by molar-refractivity contribution is -0.133. The van der Waals surface area contributed by atoms with E-state index in [0.717, 1.165) is 22.3 Å². The van der Waals surface area contributed by atoms with Crippen molar-refractivity contribution in [3.8, 4) is 0 Å². The van der Waals surface area contributed by atoms with Crippen LogP contribution in [-0.2, 0) is 14.8 Å². The molecule has 4 rings (SSSR count). The number of rotatable bonds is 5. The molecule has 0 saturated heterocycles. The molecule has 0 saturated carbocycles. The highest BCUT2D eigenvalue weighted by Gasteiger charge is 2.44. The first kappa shape index (κ1) is 23.0. The molecular formula is C27H27NO4S. The van der Waals surface area contributed by atoms with Crippen molar-refractivity contribution in [2.45, 2.75) is 44.2 Å². The van der Waals surface area contributed by atoms with E-state index < -0.39 is 28.1 Å². The molecule has 0 bridgehead atoms. The molecule has 1 N–H and O–H groups in total. The maximum absolute atomic E-state index is 14.1. The molecule has 6 heteroatoms. The molecule has 0 aliphatic carbocycles. The summed E-state index contributed by atoms with van der Waals surface area (Å²) in [5.74, 6) is -1.12. The van der Waals surface area contributed by atoms with Gasteiger partial charge in [-0.15, -0.1) is 0 Å². The maximum atomic E-state index is 14.1. The number of hydrogen-bond donors (Lipinski definition) is 1. The topological polar surface area (TPSA) is 74.7 Å². The van der Waals surface area contributed by atoms with Gasteiger partial charge in [0.25, 0.3) is 0 Å². The highest BCUT2D eigenvalue weighted by Crippen LogP contribution is 2.45. The predicted molar refractivity (Wildman–Crippen MR) is 128 cm³/mol. The molecule has 0 aromatic heterocycles. The Balaban J connectivity index is 1.96. The molecule has 3 aromatic rings. The zero-order valence-electron chi connectivity index (χ0n) is 18.9. The van der Waals surface area contributed by atoms with E-state index in [4.69, 9.17) is 0 Å². The van der Waals surface area contributed by atoms with Crippen molar-refractivity contribution in [2.24, 2.45) is 0 Å². The number of carbonyl (C=O) groups is 1. The lowest BCUT2D eigenvalue weighted by Gasteiger charge is -2.40. The average Bonchev–Trinajstić information content (AvgIpc) is 2.79. The van der Waals surface area contributed by atoms with Crippen LogP contribution in [0.15, 0.2) is 89.3 Å². The van der Waals surface area contributed by atoms with Crippen LogP contribution >= 0.6 is 0 Å². The first-order chi connectivity index (χ1) is 15.7. The van der Waals surface area contributed by atoms with Crippen molar-refractivity contribution >= 4 is 16.0 Å². The number of aliphatic carboxylic acids is 1. The van der Waals surface area contributed by atoms with E-state index in [1.165, 1.54) is 4.31 Å². The zero-order chi connectivity index (χ0) is 23.8. The van der Waals surface area contributed by atoms with E-state index in [2.05, 4.69) is 0 Å². The summed E-state index contributed by atoms with van der Waals surface area (Å²) in [5.41, 5.74) is 4.55. The van der Waals surface area contributed by atoms with Gasteiger partial charge in [0.1, 0.15) is 0 Å². The van der Waals surface area contributed by atoms with Gasteiger partial charge in [-0.05, 0) is 50.5 Å². The number of carboxylic acid groups (broad SMARTS) is 1. The van der Waals surface area contributed by atoms with Crippen LogP contribution in [0.25, 0.3) is 0 Å². The van der Waals surface area contributed by atoms with Crippen LogP contribution < -0.4 is 0 Å². The van der Waals surface area contributed by atoms with E-state index in [1.807, 2.05) is 69.3 Å². The number of nitrogens with zero attached hydrogens (tertiary/aromatic N) is 1. The normalized spacial score (nSPS) is 19.2. The summed E-state index contributed by atoms with van der Waals surface area (Å²) in [4.78, 5) is 12.4. The minimum atomic E-state index is -4.03. The van der Waals surface area contributed by atoms with E-state index in [0.29, 0.717) is 5.56 Å². The molecule has 1 aliphatic heterocycles. The Hall–Kier alpha value is -3.22. The molecule has 2 atom stereocenters. The molecule has 0 unspecified atom stereocenters. The van der Waals surface area contributed by atoms with Crippen LogP contribution in [-0.4, -0.2) is 23.8 Å². The fourth-order valence-electron chi connectivity index (χ4n) is 4.26. The summed E-state index contributed by atoms with van der Waals surface area (Å²) < 4.78 is 29.5. The Morgan fingerprint density at radius 2 is 1.24 bits per heavy atom. The fourth-order valence-corrected chi connectivity index (χ4v) is 6.04. The standard InChI is InChI=1S/C27H27NO4S/c1-18-4-10-21(11-5-18)25-17-16-24(27(29)30)26(22-12-6-19(2)7-13-22)28(25)33(31,32)23-14-8-20(3)9-15-23/h4-16,25-26H,17H2,1-3H3,(H,29,30)/t25-,26-/m0/s1. The Bertz CT molecular complexity index is 1290. The second kappa shape index (κ2) is 8.96. The molecular weight excluding hydrogens is 434 g/mol. The van der Waals surface area contributed by atoms with Crippen LogP contribution in [0.5, 0.6) is 0 Å². The van der Waals surface area contributed by atoms with E-state index in [-0.39, 0.29) is 16.9 Å². The van der Waals surface area contributed by atoms with Crippen LogP contribution in [0.3, 0.4) is 0 Å². The first-order valence-corrected chi connectivity index (χ1v) is 12.3. The quantitative estimate of drug-likeness (QED) is 0.544. The second-order valence-corrected chi connectivity index (χ2v) is 10.4. The van der Waals surface area contributed by atoms with Gasteiger partial charge in [0.15, 0.2) is 0 Å². The minimum Gasteiger partial charge on any atom is -0.478 e. The van der Waals surface area contributed by atoms with Crippen molar-refractivity contribution in [1.29, 1.82) is 0 Å². The number of sulfonamides is 1. The maximum Gasteiger partial charge on any atom is 0.333 e. The summed E-state index contributed by atoms with van der Waals surface area (Å²) in [6, 6.07) is 20.3. The average molecular weight is 462 g/mol. The largest absolute Gasteiger partial charge is 0.478 e. The second-order valence-electron chi connectivity index (χ2n) is 8.59. The van der Waals surface area contributed by atoms with Gasteiger partial charge in [0, 0.05) is 0 Å². The van der Waals surface area contributed by atoms with Gasteiger partial charge in [-0.3, -0.25) is 0 Å². The van der Waals surface area contributed by atoms with Crippen LogP contribution in [0, 0.1) is 20.8 Å². The third-order valence-corrected chi connectivity index (χ3v) is 8.00. The van der Waals surface area contributed by atoms with E-state index in [1.54, 1.807) is 30.3 Å². The SMILES string of the molecule is Cc1ccc([C@H]2C(C(=O)O)=CC[C@@H](c3ccc(C)cc3)N2S(=O)(=O)c2ccc(C)cc2)cc1. The number of carboxylic acids is 1. The summed E-state index contributed by atoms with van der Waals surface area (Å²) >= 11 is 0. The molecule has 33 heavy (non-hydrogen) atoms. The fraction of sp³-hybridized carbons (Fsp3) is 0.222. The van der Waals surface area contributed by atoms with Crippen LogP contribution in [0.4, 0.5) is 0 Å². The van der Waals surface area contributed by atoms with Gasteiger partial charge in [-0.1, -0.05) is 83.4 Å². The first-order valence-electron chi connectivity index (χ1n) is 10.8. The zero-order valence-corrected chi connectivity index (χ0v) is 19.7. The van der Waals surface area contributed by atoms with Gasteiger partial charge in [-0.25, -0.2) is 13.2 Å². The van der Waals surface area contributed by atoms with E-state index >= 15 is 0 Å². The molecule has 0 fully saturated rings. The Labute approximate surface area is 195 Å². The minimum absolute atomic E-state index is 0.0675. The molecule has 0 radical (unpaired) electrons. The summed E-state index contributed by atoms with van der Waals surface area (Å²) in [7, 11) is -4.03. The smallest absolute Gasteiger partial charge is 0.333 e. The van der Waals surface area contributed by atoms with Crippen molar-refractivity contribution in [2.75, 3.05) is 0 Å². The Morgan fingerprint density at radius 3 is 1.73 bits per heavy atom. The van der Waals surface area contributed by atoms with Gasteiger partial charge >= 0.3 is 5.97 Å².